The summed E-state index contributed by atoms with van der Waals surface area (Å²) in [6.45, 7) is 1.86. The molecule has 1 aromatic carbocycles. The molecular weight excluding hydrogens is 162 g/mol. The minimum atomic E-state index is 0.788. The van der Waals surface area contributed by atoms with E-state index in [1.807, 2.05) is 31.2 Å². The molecule has 0 spiro atoms. The van der Waals surface area contributed by atoms with Crippen LogP contribution < -0.4 is 0 Å². The zero-order valence-electron chi connectivity index (χ0n) is 7.74. The Bertz CT molecular complexity index is 361. The molecule has 2 heteroatoms. The zero-order chi connectivity index (χ0) is 9.68. The van der Waals surface area contributed by atoms with Gasteiger partial charge in [0.25, 0.3) is 0 Å². The molecule has 0 bridgehead atoms. The van der Waals surface area contributed by atoms with Crippen molar-refractivity contribution < 1.29 is 4.84 Å². The molecule has 0 saturated heterocycles. The van der Waals surface area contributed by atoms with E-state index >= 15 is 0 Å². The van der Waals surface area contributed by atoms with Crippen LogP contribution in [0.3, 0.4) is 0 Å². The van der Waals surface area contributed by atoms with E-state index < -0.39 is 0 Å². The molecule has 0 atom stereocenters. The third-order valence-corrected chi connectivity index (χ3v) is 1.70. The maximum atomic E-state index is 5.34. The summed E-state index contributed by atoms with van der Waals surface area (Å²) in [7, 11) is 1.52. The van der Waals surface area contributed by atoms with Gasteiger partial charge in [-0.15, -0.1) is 6.42 Å². The van der Waals surface area contributed by atoms with E-state index in [9.17, 15) is 0 Å². The predicted molar refractivity (Wildman–Crippen MR) is 53.6 cm³/mol. The van der Waals surface area contributed by atoms with Crippen LogP contribution in [-0.2, 0) is 4.84 Å². The molecule has 2 nitrogen and oxygen atoms in total. The molecule has 0 amide bonds. The summed E-state index contributed by atoms with van der Waals surface area (Å²) in [4.78, 5) is 4.68. The van der Waals surface area contributed by atoms with Crippen molar-refractivity contribution in [3.05, 3.63) is 35.4 Å². The van der Waals surface area contributed by atoms with Crippen molar-refractivity contribution in [2.45, 2.75) is 6.92 Å². The van der Waals surface area contributed by atoms with Crippen LogP contribution in [0.25, 0.3) is 0 Å². The Morgan fingerprint density at radius 3 is 2.77 bits per heavy atom. The molecule has 0 fully saturated rings. The Labute approximate surface area is 78.2 Å². The van der Waals surface area contributed by atoms with Gasteiger partial charge in [0.15, 0.2) is 0 Å². The van der Waals surface area contributed by atoms with Crippen molar-refractivity contribution in [1.82, 2.24) is 0 Å². The fraction of sp³-hybridized carbons (Fsp3) is 0.182. The highest BCUT2D eigenvalue weighted by atomic mass is 16.6. The lowest BCUT2D eigenvalue weighted by Gasteiger charge is -2.02. The highest BCUT2D eigenvalue weighted by molar-refractivity contribution is 6.00. The van der Waals surface area contributed by atoms with Crippen molar-refractivity contribution in [2.75, 3.05) is 7.11 Å². The summed E-state index contributed by atoms with van der Waals surface area (Å²) in [6.07, 6.45) is 5.34. The Hall–Kier alpha value is -1.75. The van der Waals surface area contributed by atoms with E-state index in [1.165, 1.54) is 7.11 Å². The Balaban J connectivity index is 3.15. The molecule has 66 valence electrons. The molecule has 0 radical (unpaired) electrons. The monoisotopic (exact) mass is 173 g/mol. The van der Waals surface area contributed by atoms with Gasteiger partial charge in [0.05, 0.1) is 5.71 Å². The van der Waals surface area contributed by atoms with Gasteiger partial charge in [0.1, 0.15) is 7.11 Å². The summed E-state index contributed by atoms with van der Waals surface area (Å²) in [5, 5.41) is 3.82. The standard InChI is InChI=1S/C11H11NO/c1-4-10-7-5-6-8-11(10)9(2)12-13-3/h1,5-8H,2-3H3/b12-9-. The molecule has 0 N–H and O–H groups in total. The van der Waals surface area contributed by atoms with E-state index in [-0.39, 0.29) is 0 Å². The third-order valence-electron chi connectivity index (χ3n) is 1.70. The van der Waals surface area contributed by atoms with Crippen LogP contribution in [0.4, 0.5) is 0 Å². The number of rotatable bonds is 2. The molecule has 1 rings (SSSR count). The van der Waals surface area contributed by atoms with Crippen LogP contribution >= 0.6 is 0 Å². The van der Waals surface area contributed by atoms with Crippen LogP contribution in [0.2, 0.25) is 0 Å². The lowest BCUT2D eigenvalue weighted by atomic mass is 10.0. The van der Waals surface area contributed by atoms with Crippen molar-refractivity contribution in [3.8, 4) is 12.3 Å². The first-order valence-electron chi connectivity index (χ1n) is 3.93. The summed E-state index contributed by atoms with van der Waals surface area (Å²) < 4.78 is 0. The normalized spacial score (nSPS) is 10.7. The molecule has 0 aliphatic heterocycles. The summed E-state index contributed by atoms with van der Waals surface area (Å²) in [5.74, 6) is 2.60. The SMILES string of the molecule is C#Cc1ccccc1/C(C)=N\OC. The number of hydrogen-bond acceptors (Lipinski definition) is 2. The summed E-state index contributed by atoms with van der Waals surface area (Å²) >= 11 is 0. The van der Waals surface area contributed by atoms with Crippen LogP contribution in [0, 0.1) is 12.3 Å². The Morgan fingerprint density at radius 2 is 2.15 bits per heavy atom. The number of terminal acetylenes is 1. The van der Waals surface area contributed by atoms with E-state index in [2.05, 4.69) is 15.9 Å². The first-order valence-corrected chi connectivity index (χ1v) is 3.93. The molecule has 13 heavy (non-hydrogen) atoms. The minimum Gasteiger partial charge on any atom is -0.399 e. The van der Waals surface area contributed by atoms with Crippen LogP contribution in [0.15, 0.2) is 29.4 Å². The molecule has 0 aromatic heterocycles. The van der Waals surface area contributed by atoms with Gasteiger partial charge in [0, 0.05) is 11.1 Å². The average molecular weight is 173 g/mol. The Morgan fingerprint density at radius 1 is 1.46 bits per heavy atom. The quantitative estimate of drug-likeness (QED) is 0.381. The fourth-order valence-corrected chi connectivity index (χ4v) is 1.11. The highest BCUT2D eigenvalue weighted by Gasteiger charge is 2.01. The lowest BCUT2D eigenvalue weighted by Crippen LogP contribution is -1.98. The van der Waals surface area contributed by atoms with Crippen LogP contribution in [0.1, 0.15) is 18.1 Å². The fourth-order valence-electron chi connectivity index (χ4n) is 1.11. The van der Waals surface area contributed by atoms with E-state index in [4.69, 9.17) is 6.42 Å². The van der Waals surface area contributed by atoms with Gasteiger partial charge in [0.2, 0.25) is 0 Å². The molecule has 1 aromatic rings. The molecule has 0 aliphatic carbocycles. The van der Waals surface area contributed by atoms with E-state index in [0.29, 0.717) is 0 Å². The molecule has 0 heterocycles. The van der Waals surface area contributed by atoms with Gasteiger partial charge in [-0.2, -0.15) is 0 Å². The van der Waals surface area contributed by atoms with Gasteiger partial charge in [-0.3, -0.25) is 0 Å². The van der Waals surface area contributed by atoms with Gasteiger partial charge in [-0.05, 0) is 13.0 Å². The van der Waals surface area contributed by atoms with Gasteiger partial charge in [-0.1, -0.05) is 29.3 Å². The first kappa shape index (κ1) is 9.34. The maximum Gasteiger partial charge on any atom is 0.106 e. The van der Waals surface area contributed by atoms with Crippen molar-refractivity contribution in [1.29, 1.82) is 0 Å². The smallest absolute Gasteiger partial charge is 0.106 e. The molecule has 0 unspecified atom stereocenters. The number of hydrogen-bond donors (Lipinski definition) is 0. The molecular formula is C11H11NO. The number of nitrogens with zero attached hydrogens (tertiary/aromatic N) is 1. The van der Waals surface area contributed by atoms with E-state index in [1.54, 1.807) is 0 Å². The van der Waals surface area contributed by atoms with Gasteiger partial charge < -0.3 is 4.84 Å². The summed E-state index contributed by atoms with van der Waals surface area (Å²) in [5.41, 5.74) is 2.56. The second kappa shape index (κ2) is 4.32. The van der Waals surface area contributed by atoms with Crippen molar-refractivity contribution >= 4 is 5.71 Å². The largest absolute Gasteiger partial charge is 0.399 e. The van der Waals surface area contributed by atoms with Gasteiger partial charge >= 0.3 is 0 Å². The third kappa shape index (κ3) is 2.09. The van der Waals surface area contributed by atoms with Crippen LogP contribution in [0.5, 0.6) is 0 Å². The highest BCUT2D eigenvalue weighted by Crippen LogP contribution is 2.08. The van der Waals surface area contributed by atoms with Gasteiger partial charge in [-0.25, -0.2) is 0 Å². The Kier molecular flexibility index (Phi) is 3.10. The van der Waals surface area contributed by atoms with E-state index in [0.717, 1.165) is 16.8 Å². The lowest BCUT2D eigenvalue weighted by molar-refractivity contribution is 0.213. The maximum absolute atomic E-state index is 5.34. The second-order valence-corrected chi connectivity index (χ2v) is 2.55. The second-order valence-electron chi connectivity index (χ2n) is 2.55. The zero-order valence-corrected chi connectivity index (χ0v) is 7.74. The summed E-state index contributed by atoms with van der Waals surface area (Å²) in [6, 6.07) is 7.63. The average Bonchev–Trinajstić information content (AvgIpc) is 2.18. The molecule has 0 aliphatic rings. The molecule has 0 saturated carbocycles. The first-order chi connectivity index (χ1) is 6.29. The number of oxime groups is 1. The topological polar surface area (TPSA) is 21.6 Å². The minimum absolute atomic E-state index is 0.788. The van der Waals surface area contributed by atoms with Crippen molar-refractivity contribution in [3.63, 3.8) is 0 Å². The predicted octanol–water partition coefficient (Wildman–Crippen LogP) is 2.04. The van der Waals surface area contributed by atoms with Crippen LogP contribution in [-0.4, -0.2) is 12.8 Å². The van der Waals surface area contributed by atoms with Crippen molar-refractivity contribution in [2.24, 2.45) is 5.16 Å². The number of benzene rings is 1.